The Morgan fingerprint density at radius 2 is 2.00 bits per heavy atom. The molecule has 1 aromatic rings. The van der Waals surface area contributed by atoms with Crippen molar-refractivity contribution in [3.63, 3.8) is 0 Å². The molecular formula is C13H17BrFNO. The van der Waals surface area contributed by atoms with Gasteiger partial charge < -0.3 is 10.5 Å². The molecule has 0 radical (unpaired) electrons. The molecule has 2 N–H and O–H groups in total. The minimum atomic E-state index is -0.249. The van der Waals surface area contributed by atoms with Crippen LogP contribution in [0.3, 0.4) is 0 Å². The predicted molar refractivity (Wildman–Crippen MR) is 69.1 cm³/mol. The summed E-state index contributed by atoms with van der Waals surface area (Å²) in [6.07, 6.45) is 4.43. The van der Waals surface area contributed by atoms with Gasteiger partial charge >= 0.3 is 0 Å². The first kappa shape index (κ1) is 13.0. The van der Waals surface area contributed by atoms with Crippen molar-refractivity contribution in [3.8, 4) is 0 Å². The summed E-state index contributed by atoms with van der Waals surface area (Å²) in [7, 11) is 0. The van der Waals surface area contributed by atoms with Gasteiger partial charge in [-0.2, -0.15) is 0 Å². The van der Waals surface area contributed by atoms with Crippen LogP contribution < -0.4 is 5.73 Å². The molecule has 1 saturated carbocycles. The van der Waals surface area contributed by atoms with E-state index < -0.39 is 0 Å². The van der Waals surface area contributed by atoms with Crippen LogP contribution in [0.15, 0.2) is 22.7 Å². The fraction of sp³-hybridized carbons (Fsp3) is 0.538. The molecule has 0 heterocycles. The number of hydrogen-bond acceptors (Lipinski definition) is 2. The molecule has 1 aromatic carbocycles. The van der Waals surface area contributed by atoms with Crippen LogP contribution in [0.25, 0.3) is 0 Å². The van der Waals surface area contributed by atoms with E-state index >= 15 is 0 Å². The van der Waals surface area contributed by atoms with E-state index in [0.717, 1.165) is 22.9 Å². The molecule has 1 aliphatic rings. The lowest BCUT2D eigenvalue weighted by Crippen LogP contribution is -2.41. The standard InChI is InChI=1S/C13H17BrFNO/c14-11-5-10(6-12(15)7-11)8-17-9-13(16)3-1-2-4-13/h5-7H,1-4,8-9,16H2. The van der Waals surface area contributed by atoms with E-state index in [1.807, 2.05) is 6.07 Å². The lowest BCUT2D eigenvalue weighted by atomic mass is 10.0. The van der Waals surface area contributed by atoms with Crippen molar-refractivity contribution in [3.05, 3.63) is 34.1 Å². The van der Waals surface area contributed by atoms with Crippen LogP contribution in [-0.4, -0.2) is 12.1 Å². The van der Waals surface area contributed by atoms with Crippen molar-refractivity contribution in [2.75, 3.05) is 6.61 Å². The van der Waals surface area contributed by atoms with E-state index in [-0.39, 0.29) is 11.4 Å². The van der Waals surface area contributed by atoms with E-state index in [1.165, 1.54) is 25.0 Å². The molecule has 17 heavy (non-hydrogen) atoms. The normalized spacial score (nSPS) is 18.5. The second-order valence-corrected chi connectivity index (χ2v) is 5.76. The molecule has 2 nitrogen and oxygen atoms in total. The van der Waals surface area contributed by atoms with E-state index in [2.05, 4.69) is 15.9 Å². The van der Waals surface area contributed by atoms with E-state index in [4.69, 9.17) is 10.5 Å². The highest BCUT2D eigenvalue weighted by Gasteiger charge is 2.29. The lowest BCUT2D eigenvalue weighted by molar-refractivity contribution is 0.0749. The van der Waals surface area contributed by atoms with Gasteiger partial charge in [0, 0.05) is 10.0 Å². The molecule has 0 amide bonds. The number of rotatable bonds is 4. The summed E-state index contributed by atoms with van der Waals surface area (Å²) in [5, 5.41) is 0. The SMILES string of the molecule is NC1(COCc2cc(F)cc(Br)c2)CCCC1. The summed E-state index contributed by atoms with van der Waals surface area (Å²) in [6, 6.07) is 4.79. The van der Waals surface area contributed by atoms with Gasteiger partial charge in [0.1, 0.15) is 5.82 Å². The second-order valence-electron chi connectivity index (χ2n) is 4.84. The molecule has 0 unspecified atom stereocenters. The van der Waals surface area contributed by atoms with Crippen molar-refractivity contribution in [1.82, 2.24) is 0 Å². The fourth-order valence-corrected chi connectivity index (χ4v) is 2.80. The van der Waals surface area contributed by atoms with Gasteiger partial charge in [0.15, 0.2) is 0 Å². The Balaban J connectivity index is 1.85. The van der Waals surface area contributed by atoms with Crippen LogP contribution in [0.1, 0.15) is 31.2 Å². The van der Waals surface area contributed by atoms with E-state index in [0.29, 0.717) is 13.2 Å². The molecular weight excluding hydrogens is 285 g/mol. The quantitative estimate of drug-likeness (QED) is 0.925. The highest BCUT2D eigenvalue weighted by Crippen LogP contribution is 2.27. The second kappa shape index (κ2) is 5.46. The molecule has 0 aromatic heterocycles. The summed E-state index contributed by atoms with van der Waals surface area (Å²) in [5.41, 5.74) is 6.84. The lowest BCUT2D eigenvalue weighted by Gasteiger charge is -2.23. The minimum absolute atomic E-state index is 0.162. The Hall–Kier alpha value is -0.450. The molecule has 0 bridgehead atoms. The highest BCUT2D eigenvalue weighted by atomic mass is 79.9. The first-order valence-corrected chi connectivity index (χ1v) is 6.68. The molecule has 0 aliphatic heterocycles. The Morgan fingerprint density at radius 3 is 2.65 bits per heavy atom. The van der Waals surface area contributed by atoms with Gasteiger partial charge in [-0.05, 0) is 36.6 Å². The third kappa shape index (κ3) is 3.76. The molecule has 0 saturated heterocycles. The van der Waals surface area contributed by atoms with Gasteiger partial charge in [-0.25, -0.2) is 4.39 Å². The molecule has 0 spiro atoms. The number of ether oxygens (including phenoxy) is 1. The van der Waals surface area contributed by atoms with Gasteiger partial charge in [0.2, 0.25) is 0 Å². The summed E-state index contributed by atoms with van der Waals surface area (Å²) < 4.78 is 19.5. The Kier molecular flexibility index (Phi) is 4.17. The number of hydrogen-bond donors (Lipinski definition) is 1. The molecule has 4 heteroatoms. The third-order valence-corrected chi connectivity index (χ3v) is 3.64. The Morgan fingerprint density at radius 1 is 1.29 bits per heavy atom. The summed E-state index contributed by atoms with van der Waals surface area (Å²) in [6.45, 7) is 0.969. The van der Waals surface area contributed by atoms with Crippen LogP contribution in [-0.2, 0) is 11.3 Å². The maximum absolute atomic E-state index is 13.1. The van der Waals surface area contributed by atoms with E-state index in [1.54, 1.807) is 0 Å². The summed E-state index contributed by atoms with van der Waals surface area (Å²) in [5.74, 6) is -0.249. The van der Waals surface area contributed by atoms with Gasteiger partial charge in [0.25, 0.3) is 0 Å². The topological polar surface area (TPSA) is 35.2 Å². The summed E-state index contributed by atoms with van der Waals surface area (Å²) >= 11 is 3.26. The molecule has 1 aliphatic carbocycles. The van der Waals surface area contributed by atoms with Crippen LogP contribution in [0.5, 0.6) is 0 Å². The van der Waals surface area contributed by atoms with Crippen molar-refractivity contribution in [2.45, 2.75) is 37.8 Å². The maximum Gasteiger partial charge on any atom is 0.124 e. The van der Waals surface area contributed by atoms with Crippen molar-refractivity contribution >= 4 is 15.9 Å². The first-order chi connectivity index (χ1) is 8.07. The number of halogens is 2. The smallest absolute Gasteiger partial charge is 0.124 e. The monoisotopic (exact) mass is 301 g/mol. The molecule has 2 rings (SSSR count). The largest absolute Gasteiger partial charge is 0.375 e. The summed E-state index contributed by atoms with van der Waals surface area (Å²) in [4.78, 5) is 0. The van der Waals surface area contributed by atoms with Crippen LogP contribution >= 0.6 is 15.9 Å². The predicted octanol–water partition coefficient (Wildman–Crippen LogP) is 3.38. The zero-order valence-corrected chi connectivity index (χ0v) is 11.3. The Bertz CT molecular complexity index is 371. The Labute approximate surface area is 109 Å². The maximum atomic E-state index is 13.1. The van der Waals surface area contributed by atoms with E-state index in [9.17, 15) is 4.39 Å². The minimum Gasteiger partial charge on any atom is -0.375 e. The zero-order valence-electron chi connectivity index (χ0n) is 9.72. The average Bonchev–Trinajstić information content (AvgIpc) is 2.64. The van der Waals surface area contributed by atoms with Gasteiger partial charge in [0.05, 0.1) is 13.2 Å². The van der Waals surface area contributed by atoms with Crippen LogP contribution in [0, 0.1) is 5.82 Å². The van der Waals surface area contributed by atoms with Crippen LogP contribution in [0.4, 0.5) is 4.39 Å². The fourth-order valence-electron chi connectivity index (χ4n) is 2.29. The first-order valence-electron chi connectivity index (χ1n) is 5.89. The van der Waals surface area contributed by atoms with Crippen molar-refractivity contribution in [1.29, 1.82) is 0 Å². The van der Waals surface area contributed by atoms with Crippen molar-refractivity contribution < 1.29 is 9.13 Å². The van der Waals surface area contributed by atoms with Crippen LogP contribution in [0.2, 0.25) is 0 Å². The molecule has 94 valence electrons. The average molecular weight is 302 g/mol. The highest BCUT2D eigenvalue weighted by molar-refractivity contribution is 9.10. The number of nitrogens with two attached hydrogens (primary N) is 1. The van der Waals surface area contributed by atoms with Crippen molar-refractivity contribution in [2.24, 2.45) is 5.73 Å². The molecule has 1 fully saturated rings. The number of benzene rings is 1. The van der Waals surface area contributed by atoms with Gasteiger partial charge in [-0.15, -0.1) is 0 Å². The van der Waals surface area contributed by atoms with Gasteiger partial charge in [-0.3, -0.25) is 0 Å². The molecule has 0 atom stereocenters. The third-order valence-electron chi connectivity index (χ3n) is 3.18. The van der Waals surface area contributed by atoms with Gasteiger partial charge in [-0.1, -0.05) is 28.8 Å². The zero-order chi connectivity index (χ0) is 12.3.